The maximum absolute atomic E-state index is 12.6. The minimum atomic E-state index is 0.323. The maximum Gasteiger partial charge on any atom is 0.320 e. The lowest BCUT2D eigenvalue weighted by Gasteiger charge is -2.44. The van der Waals surface area contributed by atoms with Crippen LogP contribution < -0.4 is 0 Å². The Labute approximate surface area is 110 Å². The standard InChI is InChI=1S/C14H25N3O/c1-11(2)16-9-12-5-6-13(10-16)17(12)14(18)15-7-3-4-8-15/h11-13H,3-10H2,1-2H3. The fourth-order valence-corrected chi connectivity index (χ4v) is 3.74. The lowest BCUT2D eigenvalue weighted by molar-refractivity contribution is 0.0579. The Kier molecular flexibility index (Phi) is 3.22. The van der Waals surface area contributed by atoms with Gasteiger partial charge in [0, 0.05) is 44.3 Å². The third kappa shape index (κ3) is 2.00. The first kappa shape index (κ1) is 12.3. The fourth-order valence-electron chi connectivity index (χ4n) is 3.74. The van der Waals surface area contributed by atoms with E-state index >= 15 is 0 Å². The molecule has 2 atom stereocenters. The molecule has 0 saturated carbocycles. The number of amides is 2. The molecule has 0 aliphatic carbocycles. The van der Waals surface area contributed by atoms with Crippen molar-refractivity contribution in [2.24, 2.45) is 0 Å². The highest BCUT2D eigenvalue weighted by atomic mass is 16.2. The number of fused-ring (bicyclic) bond motifs is 2. The molecule has 0 aromatic rings. The van der Waals surface area contributed by atoms with Gasteiger partial charge in [-0.15, -0.1) is 0 Å². The summed E-state index contributed by atoms with van der Waals surface area (Å²) in [4.78, 5) is 19.4. The molecule has 2 amide bonds. The highest BCUT2D eigenvalue weighted by molar-refractivity contribution is 5.76. The summed E-state index contributed by atoms with van der Waals surface area (Å²) < 4.78 is 0. The van der Waals surface area contributed by atoms with Gasteiger partial charge < -0.3 is 9.80 Å². The van der Waals surface area contributed by atoms with Crippen LogP contribution in [0.25, 0.3) is 0 Å². The first-order chi connectivity index (χ1) is 8.66. The van der Waals surface area contributed by atoms with E-state index in [9.17, 15) is 4.79 Å². The van der Waals surface area contributed by atoms with Gasteiger partial charge in [0.25, 0.3) is 0 Å². The Morgan fingerprint density at radius 2 is 1.61 bits per heavy atom. The molecule has 0 radical (unpaired) electrons. The SMILES string of the molecule is CC(C)N1CC2CCC(C1)N2C(=O)N1CCCC1. The van der Waals surface area contributed by atoms with Crippen LogP contribution in [-0.2, 0) is 0 Å². The Morgan fingerprint density at radius 1 is 1.06 bits per heavy atom. The summed E-state index contributed by atoms with van der Waals surface area (Å²) in [7, 11) is 0. The van der Waals surface area contributed by atoms with Crippen LogP contribution in [0, 0.1) is 0 Å². The van der Waals surface area contributed by atoms with Crippen LogP contribution in [0.3, 0.4) is 0 Å². The lowest BCUT2D eigenvalue weighted by Crippen LogP contribution is -2.59. The van der Waals surface area contributed by atoms with Crippen LogP contribution in [0.15, 0.2) is 0 Å². The number of hydrogen-bond donors (Lipinski definition) is 0. The van der Waals surface area contributed by atoms with Crippen LogP contribution in [0.1, 0.15) is 39.5 Å². The van der Waals surface area contributed by atoms with Gasteiger partial charge in [0.15, 0.2) is 0 Å². The summed E-state index contributed by atoms with van der Waals surface area (Å²) >= 11 is 0. The zero-order chi connectivity index (χ0) is 12.7. The van der Waals surface area contributed by atoms with E-state index in [1.807, 2.05) is 0 Å². The highest BCUT2D eigenvalue weighted by Crippen LogP contribution is 2.32. The molecule has 0 aromatic carbocycles. The molecule has 0 N–H and O–H groups in total. The summed E-state index contributed by atoms with van der Waals surface area (Å²) in [6, 6.07) is 1.87. The Hall–Kier alpha value is -0.770. The molecular formula is C14H25N3O. The van der Waals surface area contributed by atoms with Crippen LogP contribution in [0.5, 0.6) is 0 Å². The lowest BCUT2D eigenvalue weighted by atomic mass is 10.1. The second-order valence-electron chi connectivity index (χ2n) is 6.32. The minimum absolute atomic E-state index is 0.323. The van der Waals surface area contributed by atoms with Crippen LogP contribution in [0.4, 0.5) is 4.79 Å². The molecule has 0 spiro atoms. The number of hydrogen-bond acceptors (Lipinski definition) is 2. The van der Waals surface area contributed by atoms with Gasteiger partial charge in [-0.3, -0.25) is 4.90 Å². The maximum atomic E-state index is 12.6. The summed E-state index contributed by atoms with van der Waals surface area (Å²) in [5, 5.41) is 0. The summed E-state index contributed by atoms with van der Waals surface area (Å²) in [5.41, 5.74) is 0. The molecule has 3 heterocycles. The first-order valence-corrected chi connectivity index (χ1v) is 7.48. The van der Waals surface area contributed by atoms with Crippen LogP contribution in [0.2, 0.25) is 0 Å². The van der Waals surface area contributed by atoms with Crippen LogP contribution in [-0.4, -0.2) is 65.0 Å². The molecule has 2 bridgehead atoms. The van der Waals surface area contributed by atoms with Gasteiger partial charge >= 0.3 is 6.03 Å². The van der Waals surface area contributed by atoms with E-state index < -0.39 is 0 Å². The summed E-state index contributed by atoms with van der Waals surface area (Å²) in [6.07, 6.45) is 4.78. The Morgan fingerprint density at radius 3 is 2.11 bits per heavy atom. The van der Waals surface area contributed by atoms with Gasteiger partial charge in [-0.1, -0.05) is 0 Å². The third-order valence-electron chi connectivity index (χ3n) is 4.84. The van der Waals surface area contributed by atoms with Crippen molar-refractivity contribution in [2.75, 3.05) is 26.2 Å². The van der Waals surface area contributed by atoms with E-state index in [4.69, 9.17) is 0 Å². The largest absolute Gasteiger partial charge is 0.325 e. The topological polar surface area (TPSA) is 26.8 Å². The van der Waals surface area contributed by atoms with Crippen LogP contribution >= 0.6 is 0 Å². The number of likely N-dealkylation sites (tertiary alicyclic amines) is 2. The van der Waals surface area contributed by atoms with E-state index in [0.717, 1.165) is 26.2 Å². The molecule has 3 rings (SSSR count). The monoisotopic (exact) mass is 251 g/mol. The molecule has 0 aromatic heterocycles. The van der Waals surface area contributed by atoms with Crippen molar-refractivity contribution in [3.05, 3.63) is 0 Å². The number of carbonyl (C=O) groups is 1. The zero-order valence-electron chi connectivity index (χ0n) is 11.6. The summed E-state index contributed by atoms with van der Waals surface area (Å²) in [6.45, 7) is 8.63. The highest BCUT2D eigenvalue weighted by Gasteiger charge is 2.44. The molecule has 3 aliphatic heterocycles. The molecule has 3 saturated heterocycles. The molecule has 4 heteroatoms. The fraction of sp³-hybridized carbons (Fsp3) is 0.929. The van der Waals surface area contributed by atoms with E-state index in [1.165, 1.54) is 25.7 Å². The van der Waals surface area contributed by atoms with E-state index in [1.54, 1.807) is 0 Å². The van der Waals surface area contributed by atoms with Gasteiger partial charge in [0.1, 0.15) is 0 Å². The molecule has 102 valence electrons. The van der Waals surface area contributed by atoms with Crippen molar-refractivity contribution in [1.29, 1.82) is 0 Å². The number of rotatable bonds is 1. The van der Waals surface area contributed by atoms with Gasteiger partial charge in [-0.05, 0) is 39.5 Å². The van der Waals surface area contributed by atoms with Crippen molar-refractivity contribution < 1.29 is 4.79 Å². The average Bonchev–Trinajstić information content (AvgIpc) is 2.95. The van der Waals surface area contributed by atoms with Crippen molar-refractivity contribution >= 4 is 6.03 Å². The normalized spacial score (nSPS) is 32.6. The first-order valence-electron chi connectivity index (χ1n) is 7.48. The Balaban J connectivity index is 1.69. The van der Waals surface area contributed by atoms with Crippen molar-refractivity contribution in [3.63, 3.8) is 0 Å². The van der Waals surface area contributed by atoms with Gasteiger partial charge in [-0.25, -0.2) is 4.79 Å². The molecular weight excluding hydrogens is 226 g/mol. The van der Waals surface area contributed by atoms with Crippen molar-refractivity contribution in [2.45, 2.75) is 57.7 Å². The smallest absolute Gasteiger partial charge is 0.320 e. The number of nitrogens with zero attached hydrogens (tertiary/aromatic N) is 3. The number of piperazine rings is 1. The van der Waals surface area contributed by atoms with Gasteiger partial charge in [0.05, 0.1) is 0 Å². The molecule has 2 unspecified atom stereocenters. The predicted molar refractivity (Wildman–Crippen MR) is 71.6 cm³/mol. The molecule has 3 fully saturated rings. The van der Waals surface area contributed by atoms with Crippen molar-refractivity contribution in [3.8, 4) is 0 Å². The molecule has 3 aliphatic rings. The predicted octanol–water partition coefficient (Wildman–Crippen LogP) is 1.76. The zero-order valence-corrected chi connectivity index (χ0v) is 11.6. The molecule has 4 nitrogen and oxygen atoms in total. The van der Waals surface area contributed by atoms with Gasteiger partial charge in [-0.2, -0.15) is 0 Å². The molecule has 18 heavy (non-hydrogen) atoms. The quantitative estimate of drug-likeness (QED) is 0.710. The third-order valence-corrected chi connectivity index (χ3v) is 4.84. The average molecular weight is 251 g/mol. The van der Waals surface area contributed by atoms with E-state index in [0.29, 0.717) is 24.2 Å². The van der Waals surface area contributed by atoms with Gasteiger partial charge in [0.2, 0.25) is 0 Å². The Bertz CT molecular complexity index is 311. The van der Waals surface area contributed by atoms with Crippen molar-refractivity contribution in [1.82, 2.24) is 14.7 Å². The second kappa shape index (κ2) is 4.72. The second-order valence-corrected chi connectivity index (χ2v) is 6.32. The minimum Gasteiger partial charge on any atom is -0.325 e. The van der Waals surface area contributed by atoms with E-state index in [-0.39, 0.29) is 0 Å². The summed E-state index contributed by atoms with van der Waals surface area (Å²) in [5.74, 6) is 0. The number of carbonyl (C=O) groups excluding carboxylic acids is 1. The van der Waals surface area contributed by atoms with E-state index in [2.05, 4.69) is 28.5 Å². The number of urea groups is 1.